The van der Waals surface area contributed by atoms with Gasteiger partial charge < -0.3 is 19.6 Å². The number of carbonyl (C=O) groups is 3. The Hall–Kier alpha value is -2.95. The van der Waals surface area contributed by atoms with Gasteiger partial charge in [-0.25, -0.2) is 4.79 Å². The lowest BCUT2D eigenvalue weighted by atomic mass is 9.89. The van der Waals surface area contributed by atoms with E-state index in [0.717, 1.165) is 12.8 Å². The van der Waals surface area contributed by atoms with Crippen molar-refractivity contribution < 1.29 is 37.4 Å². The molecule has 0 aromatic carbocycles. The van der Waals surface area contributed by atoms with Crippen molar-refractivity contribution in [3.8, 4) is 0 Å². The largest absolute Gasteiger partial charge is 0.490 e. The van der Waals surface area contributed by atoms with Crippen LogP contribution in [0.25, 0.3) is 0 Å². The standard InChI is InChI=1S/C17H21N3O3.C2HF3O2/c1-2-9-20-13-17(23-12-15(20)21)6-10-19(11-7-17)16(22)14-5-3-4-8-18-14;3-2(4,5)1(6)7/h2-5,8H,1,6-7,9-13H2;(H,6,7). The molecule has 1 aromatic heterocycles. The molecule has 8 nitrogen and oxygen atoms in total. The van der Waals surface area contributed by atoms with Crippen molar-refractivity contribution in [2.45, 2.75) is 24.6 Å². The maximum absolute atomic E-state index is 12.4. The number of alkyl halides is 3. The fourth-order valence-corrected chi connectivity index (χ4v) is 3.18. The third kappa shape index (κ3) is 6.02. The lowest BCUT2D eigenvalue weighted by molar-refractivity contribution is -0.192. The molecular formula is C19H22F3N3O5. The Kier molecular flexibility index (Phi) is 7.54. The van der Waals surface area contributed by atoms with Gasteiger partial charge in [-0.1, -0.05) is 12.1 Å². The molecule has 164 valence electrons. The molecule has 2 aliphatic rings. The Morgan fingerprint density at radius 3 is 2.43 bits per heavy atom. The van der Waals surface area contributed by atoms with Gasteiger partial charge in [-0.2, -0.15) is 13.2 Å². The number of pyridine rings is 1. The third-order valence-corrected chi connectivity index (χ3v) is 4.77. The Bertz CT molecular complexity index is 777. The Labute approximate surface area is 170 Å². The van der Waals surface area contributed by atoms with Crippen LogP contribution in [0.3, 0.4) is 0 Å². The highest BCUT2D eigenvalue weighted by Crippen LogP contribution is 2.31. The van der Waals surface area contributed by atoms with Crippen LogP contribution in [0.2, 0.25) is 0 Å². The second-order valence-electron chi connectivity index (χ2n) is 6.84. The van der Waals surface area contributed by atoms with E-state index in [1.165, 1.54) is 0 Å². The molecule has 2 aliphatic heterocycles. The monoisotopic (exact) mass is 429 g/mol. The van der Waals surface area contributed by atoms with Gasteiger partial charge in [-0.3, -0.25) is 14.6 Å². The first kappa shape index (κ1) is 23.3. The molecule has 30 heavy (non-hydrogen) atoms. The fourth-order valence-electron chi connectivity index (χ4n) is 3.18. The summed E-state index contributed by atoms with van der Waals surface area (Å²) in [6, 6.07) is 5.34. The van der Waals surface area contributed by atoms with Crippen LogP contribution in [0, 0.1) is 0 Å². The molecule has 0 aliphatic carbocycles. The molecule has 1 N–H and O–H groups in total. The summed E-state index contributed by atoms with van der Waals surface area (Å²) in [7, 11) is 0. The minimum absolute atomic E-state index is 0.00233. The highest BCUT2D eigenvalue weighted by Gasteiger charge is 2.42. The number of nitrogens with zero attached hydrogens (tertiary/aromatic N) is 3. The molecule has 1 aromatic rings. The van der Waals surface area contributed by atoms with Crippen LogP contribution in [0.5, 0.6) is 0 Å². The average Bonchev–Trinajstić information content (AvgIpc) is 2.72. The molecule has 0 bridgehead atoms. The van der Waals surface area contributed by atoms with Crippen molar-refractivity contribution in [3.63, 3.8) is 0 Å². The summed E-state index contributed by atoms with van der Waals surface area (Å²) in [6.45, 7) is 6.16. The maximum atomic E-state index is 12.4. The Morgan fingerprint density at radius 1 is 1.30 bits per heavy atom. The van der Waals surface area contributed by atoms with Crippen LogP contribution in [0.15, 0.2) is 37.1 Å². The second kappa shape index (κ2) is 9.70. The number of carbonyl (C=O) groups excluding carboxylic acids is 2. The summed E-state index contributed by atoms with van der Waals surface area (Å²) in [6.07, 6.45) is -0.267. The van der Waals surface area contributed by atoms with E-state index >= 15 is 0 Å². The average molecular weight is 429 g/mol. The SMILES string of the molecule is C=CCN1CC2(CCN(C(=O)c3ccccn3)CC2)OCC1=O.O=C(O)C(F)(F)F. The number of ether oxygens (including phenoxy) is 1. The number of likely N-dealkylation sites (tertiary alicyclic amines) is 1. The first-order valence-electron chi connectivity index (χ1n) is 9.11. The van der Waals surface area contributed by atoms with Crippen LogP contribution < -0.4 is 0 Å². The van der Waals surface area contributed by atoms with E-state index in [4.69, 9.17) is 14.6 Å². The molecule has 2 saturated heterocycles. The quantitative estimate of drug-likeness (QED) is 0.735. The van der Waals surface area contributed by atoms with Crippen molar-refractivity contribution in [1.29, 1.82) is 0 Å². The molecule has 11 heteroatoms. The molecule has 3 heterocycles. The van der Waals surface area contributed by atoms with Gasteiger partial charge in [0.2, 0.25) is 5.91 Å². The van der Waals surface area contributed by atoms with Crippen LogP contribution in [0.4, 0.5) is 13.2 Å². The third-order valence-electron chi connectivity index (χ3n) is 4.77. The van der Waals surface area contributed by atoms with E-state index in [0.29, 0.717) is 31.9 Å². The number of rotatable bonds is 3. The van der Waals surface area contributed by atoms with Gasteiger partial charge in [0, 0.05) is 25.8 Å². The van der Waals surface area contributed by atoms with E-state index in [1.54, 1.807) is 29.3 Å². The summed E-state index contributed by atoms with van der Waals surface area (Å²) >= 11 is 0. The highest BCUT2D eigenvalue weighted by molar-refractivity contribution is 5.92. The van der Waals surface area contributed by atoms with Crippen molar-refractivity contribution in [2.75, 3.05) is 32.8 Å². The summed E-state index contributed by atoms with van der Waals surface area (Å²) in [5, 5.41) is 7.12. The normalized spacial score (nSPS) is 18.4. The summed E-state index contributed by atoms with van der Waals surface area (Å²) in [5.41, 5.74) is 0.133. The van der Waals surface area contributed by atoms with E-state index in [-0.39, 0.29) is 24.0 Å². The van der Waals surface area contributed by atoms with Crippen molar-refractivity contribution in [3.05, 3.63) is 42.7 Å². The molecule has 1 spiro atoms. The minimum Gasteiger partial charge on any atom is -0.475 e. The lowest BCUT2D eigenvalue weighted by Crippen LogP contribution is -2.59. The number of halogens is 3. The molecule has 0 saturated carbocycles. The summed E-state index contributed by atoms with van der Waals surface area (Å²) < 4.78 is 37.6. The Morgan fingerprint density at radius 2 is 1.93 bits per heavy atom. The van der Waals surface area contributed by atoms with Gasteiger partial charge >= 0.3 is 12.1 Å². The van der Waals surface area contributed by atoms with Gasteiger partial charge in [0.05, 0.1) is 12.1 Å². The predicted octanol–water partition coefficient (Wildman–Crippen LogP) is 1.73. The first-order chi connectivity index (χ1) is 14.1. The van der Waals surface area contributed by atoms with Crippen LogP contribution in [-0.2, 0) is 14.3 Å². The maximum Gasteiger partial charge on any atom is 0.490 e. The number of amides is 2. The van der Waals surface area contributed by atoms with Crippen molar-refractivity contribution >= 4 is 17.8 Å². The number of aliphatic carboxylic acids is 1. The van der Waals surface area contributed by atoms with Crippen LogP contribution in [0.1, 0.15) is 23.3 Å². The zero-order valence-electron chi connectivity index (χ0n) is 16.1. The van der Waals surface area contributed by atoms with Crippen molar-refractivity contribution in [1.82, 2.24) is 14.8 Å². The van der Waals surface area contributed by atoms with E-state index < -0.39 is 12.1 Å². The molecule has 2 amide bonds. The topological polar surface area (TPSA) is 100 Å². The van der Waals surface area contributed by atoms with E-state index in [2.05, 4.69) is 11.6 Å². The zero-order valence-corrected chi connectivity index (χ0v) is 16.1. The van der Waals surface area contributed by atoms with Gasteiger partial charge in [-0.05, 0) is 25.0 Å². The van der Waals surface area contributed by atoms with Gasteiger partial charge in [0.1, 0.15) is 12.3 Å². The Balaban J connectivity index is 0.000000396. The highest BCUT2D eigenvalue weighted by atomic mass is 19.4. The molecule has 3 rings (SSSR count). The fraction of sp³-hybridized carbons (Fsp3) is 0.474. The zero-order chi connectivity index (χ0) is 22.4. The molecule has 2 fully saturated rings. The number of piperidine rings is 1. The van der Waals surface area contributed by atoms with Crippen LogP contribution in [-0.4, -0.2) is 82.2 Å². The number of morpholine rings is 1. The minimum atomic E-state index is -5.08. The molecule has 0 unspecified atom stereocenters. The molecule has 0 atom stereocenters. The smallest absolute Gasteiger partial charge is 0.475 e. The first-order valence-corrected chi connectivity index (χ1v) is 9.11. The van der Waals surface area contributed by atoms with Crippen molar-refractivity contribution in [2.24, 2.45) is 0 Å². The van der Waals surface area contributed by atoms with Gasteiger partial charge in [0.15, 0.2) is 0 Å². The number of carboxylic acid groups (broad SMARTS) is 1. The number of hydrogen-bond acceptors (Lipinski definition) is 5. The second-order valence-corrected chi connectivity index (χ2v) is 6.84. The summed E-state index contributed by atoms with van der Waals surface area (Å²) in [5.74, 6) is -2.80. The van der Waals surface area contributed by atoms with Gasteiger partial charge in [-0.15, -0.1) is 6.58 Å². The van der Waals surface area contributed by atoms with E-state index in [9.17, 15) is 22.8 Å². The molecule has 0 radical (unpaired) electrons. The van der Waals surface area contributed by atoms with Gasteiger partial charge in [0.25, 0.3) is 5.91 Å². The number of hydrogen-bond donors (Lipinski definition) is 1. The van der Waals surface area contributed by atoms with Crippen LogP contribution >= 0.6 is 0 Å². The lowest BCUT2D eigenvalue weighted by Gasteiger charge is -2.46. The number of carboxylic acids is 1. The van der Waals surface area contributed by atoms with E-state index in [1.807, 2.05) is 11.0 Å². The number of aromatic nitrogens is 1. The predicted molar refractivity (Wildman–Crippen MR) is 98.5 cm³/mol. The summed E-state index contributed by atoms with van der Waals surface area (Å²) in [4.78, 5) is 40.9. The molecular weight excluding hydrogens is 407 g/mol.